The monoisotopic (exact) mass is 260 g/mol. The molecule has 2 rings (SSSR count). The first-order valence-corrected chi connectivity index (χ1v) is 6.32. The standard InChI is InChI=1S/C15H20N2O2/c1-15(2,3)17-9-12-14(19-10-16-12)11-7-5-6-8-13(11)18-4/h5-8,10,17H,9H2,1-4H3. The number of nitrogens with one attached hydrogen (secondary N) is 1. The first-order valence-electron chi connectivity index (χ1n) is 6.32. The number of oxazole rings is 1. The van der Waals surface area contributed by atoms with Crippen LogP contribution >= 0.6 is 0 Å². The van der Waals surface area contributed by atoms with Crippen LogP contribution in [0.3, 0.4) is 0 Å². The summed E-state index contributed by atoms with van der Waals surface area (Å²) in [6.07, 6.45) is 1.47. The largest absolute Gasteiger partial charge is 0.496 e. The Kier molecular flexibility index (Phi) is 3.90. The van der Waals surface area contributed by atoms with Crippen LogP contribution in [0.15, 0.2) is 35.1 Å². The van der Waals surface area contributed by atoms with Crippen LogP contribution in [0, 0.1) is 0 Å². The van der Waals surface area contributed by atoms with Gasteiger partial charge in [0.15, 0.2) is 12.2 Å². The summed E-state index contributed by atoms with van der Waals surface area (Å²) in [7, 11) is 1.66. The Labute approximate surface area is 113 Å². The van der Waals surface area contributed by atoms with E-state index in [4.69, 9.17) is 9.15 Å². The zero-order valence-corrected chi connectivity index (χ0v) is 11.9. The van der Waals surface area contributed by atoms with Gasteiger partial charge >= 0.3 is 0 Å². The maximum atomic E-state index is 5.53. The molecule has 0 amide bonds. The van der Waals surface area contributed by atoms with Gasteiger partial charge in [-0.05, 0) is 32.9 Å². The van der Waals surface area contributed by atoms with Gasteiger partial charge in [-0.25, -0.2) is 4.98 Å². The second-order valence-electron chi connectivity index (χ2n) is 5.43. The molecule has 2 aromatic rings. The minimum atomic E-state index is 0.0387. The third-order valence-corrected chi connectivity index (χ3v) is 2.78. The molecule has 0 aliphatic heterocycles. The summed E-state index contributed by atoms with van der Waals surface area (Å²) in [4.78, 5) is 4.29. The van der Waals surface area contributed by atoms with Gasteiger partial charge in [0, 0.05) is 12.1 Å². The van der Waals surface area contributed by atoms with E-state index >= 15 is 0 Å². The summed E-state index contributed by atoms with van der Waals surface area (Å²) in [6, 6.07) is 7.78. The van der Waals surface area contributed by atoms with Gasteiger partial charge in [0.2, 0.25) is 0 Å². The van der Waals surface area contributed by atoms with Crippen molar-refractivity contribution in [2.75, 3.05) is 7.11 Å². The highest BCUT2D eigenvalue weighted by Crippen LogP contribution is 2.31. The second kappa shape index (κ2) is 5.45. The summed E-state index contributed by atoms with van der Waals surface area (Å²) in [5, 5.41) is 3.41. The quantitative estimate of drug-likeness (QED) is 0.916. The molecule has 0 aliphatic carbocycles. The van der Waals surface area contributed by atoms with Gasteiger partial charge in [-0.2, -0.15) is 0 Å². The van der Waals surface area contributed by atoms with Crippen LogP contribution in [-0.4, -0.2) is 17.6 Å². The van der Waals surface area contributed by atoms with Gasteiger partial charge in [-0.3, -0.25) is 0 Å². The molecule has 4 nitrogen and oxygen atoms in total. The van der Waals surface area contributed by atoms with Crippen molar-refractivity contribution in [2.45, 2.75) is 32.9 Å². The summed E-state index contributed by atoms with van der Waals surface area (Å²) >= 11 is 0. The third-order valence-electron chi connectivity index (χ3n) is 2.78. The third kappa shape index (κ3) is 3.35. The predicted octanol–water partition coefficient (Wildman–Crippen LogP) is 3.24. The second-order valence-corrected chi connectivity index (χ2v) is 5.43. The van der Waals surface area contributed by atoms with Crippen LogP contribution in [0.5, 0.6) is 5.75 Å². The number of hydrogen-bond acceptors (Lipinski definition) is 4. The summed E-state index contributed by atoms with van der Waals surface area (Å²) in [6.45, 7) is 7.02. The fourth-order valence-electron chi connectivity index (χ4n) is 1.80. The van der Waals surface area contributed by atoms with Crippen molar-refractivity contribution in [3.63, 3.8) is 0 Å². The van der Waals surface area contributed by atoms with E-state index in [0.717, 1.165) is 22.8 Å². The first-order chi connectivity index (χ1) is 9.01. The highest BCUT2D eigenvalue weighted by atomic mass is 16.5. The lowest BCUT2D eigenvalue weighted by Crippen LogP contribution is -2.35. The molecule has 0 spiro atoms. The van der Waals surface area contributed by atoms with Crippen molar-refractivity contribution in [3.8, 4) is 17.1 Å². The molecule has 102 valence electrons. The van der Waals surface area contributed by atoms with E-state index in [2.05, 4.69) is 31.1 Å². The van der Waals surface area contributed by atoms with Gasteiger partial charge in [0.05, 0.1) is 12.7 Å². The zero-order chi connectivity index (χ0) is 13.9. The molecule has 0 bridgehead atoms. The Morgan fingerprint density at radius 3 is 2.68 bits per heavy atom. The van der Waals surface area contributed by atoms with Crippen molar-refractivity contribution < 1.29 is 9.15 Å². The van der Waals surface area contributed by atoms with Crippen molar-refractivity contribution in [1.82, 2.24) is 10.3 Å². The van der Waals surface area contributed by atoms with E-state index in [-0.39, 0.29) is 5.54 Å². The summed E-state index contributed by atoms with van der Waals surface area (Å²) in [5.74, 6) is 1.55. The van der Waals surface area contributed by atoms with Crippen LogP contribution in [0.1, 0.15) is 26.5 Å². The number of rotatable bonds is 4. The number of aromatic nitrogens is 1. The van der Waals surface area contributed by atoms with E-state index in [1.807, 2.05) is 24.3 Å². The van der Waals surface area contributed by atoms with Crippen LogP contribution in [0.25, 0.3) is 11.3 Å². The van der Waals surface area contributed by atoms with E-state index < -0.39 is 0 Å². The SMILES string of the molecule is COc1ccccc1-c1ocnc1CNC(C)(C)C. The fourth-order valence-corrected chi connectivity index (χ4v) is 1.80. The van der Waals surface area contributed by atoms with Gasteiger partial charge < -0.3 is 14.5 Å². The van der Waals surface area contributed by atoms with Gasteiger partial charge in [0.25, 0.3) is 0 Å². The molecule has 1 N–H and O–H groups in total. The first kappa shape index (κ1) is 13.6. The molecule has 0 unspecified atom stereocenters. The smallest absolute Gasteiger partial charge is 0.181 e. The van der Waals surface area contributed by atoms with E-state index in [1.165, 1.54) is 6.39 Å². The fraction of sp³-hybridized carbons (Fsp3) is 0.400. The van der Waals surface area contributed by atoms with E-state index in [0.29, 0.717) is 6.54 Å². The highest BCUT2D eigenvalue weighted by Gasteiger charge is 2.17. The minimum absolute atomic E-state index is 0.0387. The summed E-state index contributed by atoms with van der Waals surface area (Å²) < 4.78 is 10.9. The number of hydrogen-bond donors (Lipinski definition) is 1. The number of benzene rings is 1. The average molecular weight is 260 g/mol. The van der Waals surface area contributed by atoms with Crippen LogP contribution in [0.2, 0.25) is 0 Å². The van der Waals surface area contributed by atoms with Crippen molar-refractivity contribution in [3.05, 3.63) is 36.4 Å². The van der Waals surface area contributed by atoms with Crippen LogP contribution < -0.4 is 10.1 Å². The maximum Gasteiger partial charge on any atom is 0.181 e. The number of ether oxygens (including phenoxy) is 1. The molecule has 4 heteroatoms. The lowest BCUT2D eigenvalue weighted by atomic mass is 10.1. The van der Waals surface area contributed by atoms with E-state index in [9.17, 15) is 0 Å². The molecule has 1 heterocycles. The van der Waals surface area contributed by atoms with Gasteiger partial charge in [0.1, 0.15) is 11.4 Å². The average Bonchev–Trinajstić information content (AvgIpc) is 2.83. The Morgan fingerprint density at radius 2 is 2.00 bits per heavy atom. The Hall–Kier alpha value is -1.81. The van der Waals surface area contributed by atoms with E-state index in [1.54, 1.807) is 7.11 Å². The molecule has 1 aromatic heterocycles. The highest BCUT2D eigenvalue weighted by molar-refractivity contribution is 5.67. The molecule has 1 aromatic carbocycles. The van der Waals surface area contributed by atoms with Crippen LogP contribution in [0.4, 0.5) is 0 Å². The Morgan fingerprint density at radius 1 is 1.26 bits per heavy atom. The molecule has 0 aliphatic rings. The minimum Gasteiger partial charge on any atom is -0.496 e. The molecule has 0 saturated heterocycles. The Balaban J connectivity index is 2.29. The van der Waals surface area contributed by atoms with Gasteiger partial charge in [-0.15, -0.1) is 0 Å². The van der Waals surface area contributed by atoms with Gasteiger partial charge in [-0.1, -0.05) is 12.1 Å². The van der Waals surface area contributed by atoms with Crippen LogP contribution in [-0.2, 0) is 6.54 Å². The molecule has 0 radical (unpaired) electrons. The normalized spacial score (nSPS) is 11.6. The predicted molar refractivity (Wildman–Crippen MR) is 75.1 cm³/mol. The van der Waals surface area contributed by atoms with Crippen molar-refractivity contribution in [1.29, 1.82) is 0 Å². The number of para-hydroxylation sites is 1. The molecular weight excluding hydrogens is 240 g/mol. The number of nitrogens with zero attached hydrogens (tertiary/aromatic N) is 1. The molecule has 0 saturated carbocycles. The lowest BCUT2D eigenvalue weighted by Gasteiger charge is -2.20. The van der Waals surface area contributed by atoms with Crippen molar-refractivity contribution in [2.24, 2.45) is 0 Å². The lowest BCUT2D eigenvalue weighted by molar-refractivity contribution is 0.413. The molecule has 0 fully saturated rings. The Bertz CT molecular complexity index is 541. The maximum absolute atomic E-state index is 5.53. The summed E-state index contributed by atoms with van der Waals surface area (Å²) in [5.41, 5.74) is 1.85. The molecule has 19 heavy (non-hydrogen) atoms. The molecule has 0 atom stereocenters. The zero-order valence-electron chi connectivity index (χ0n) is 11.9. The number of methoxy groups -OCH3 is 1. The topological polar surface area (TPSA) is 47.3 Å². The molecular formula is C15H20N2O2. The van der Waals surface area contributed by atoms with Crippen molar-refractivity contribution >= 4 is 0 Å².